The average Bonchev–Trinajstić information content (AvgIpc) is 2.68. The van der Waals surface area contributed by atoms with Crippen molar-refractivity contribution >= 4 is 11.3 Å². The second-order valence-corrected chi connectivity index (χ2v) is 6.02. The van der Waals surface area contributed by atoms with Gasteiger partial charge in [0, 0.05) is 15.3 Å². The lowest BCUT2D eigenvalue weighted by atomic mass is 10.1. The van der Waals surface area contributed by atoms with Crippen LogP contribution in [-0.2, 0) is 6.42 Å². The molecular weight excluding hydrogens is 190 g/mol. The zero-order valence-corrected chi connectivity index (χ0v) is 9.86. The highest BCUT2D eigenvalue weighted by Gasteiger charge is 2.37. The lowest BCUT2D eigenvalue weighted by Gasteiger charge is -2.05. The summed E-state index contributed by atoms with van der Waals surface area (Å²) in [5.41, 5.74) is 6.28. The number of rotatable bonds is 4. The largest absolute Gasteiger partial charge is 0.325 e. The fourth-order valence-electron chi connectivity index (χ4n) is 1.62. The molecular formula is C12H19NS. The lowest BCUT2D eigenvalue weighted by molar-refractivity contribution is 0.612. The third-order valence-corrected chi connectivity index (χ3v) is 4.46. The van der Waals surface area contributed by atoms with E-state index in [1.807, 2.05) is 11.3 Å². The van der Waals surface area contributed by atoms with Gasteiger partial charge in [0.05, 0.1) is 0 Å². The molecule has 0 atom stereocenters. The normalized spacial score (nSPS) is 18.9. The first-order valence-corrected chi connectivity index (χ1v) is 6.28. The van der Waals surface area contributed by atoms with E-state index >= 15 is 0 Å². The monoisotopic (exact) mass is 209 g/mol. The first-order valence-electron chi connectivity index (χ1n) is 5.47. The third kappa shape index (κ3) is 2.37. The second kappa shape index (κ2) is 3.67. The second-order valence-electron chi connectivity index (χ2n) is 4.82. The molecule has 0 saturated heterocycles. The molecule has 0 amide bonds. The molecule has 1 aromatic rings. The van der Waals surface area contributed by atoms with Crippen molar-refractivity contribution < 1.29 is 0 Å². The average molecular weight is 209 g/mol. The summed E-state index contributed by atoms with van der Waals surface area (Å²) in [6.07, 6.45) is 4.81. The van der Waals surface area contributed by atoms with Crippen LogP contribution < -0.4 is 5.73 Å². The SMILES string of the molecule is CC(C)c1ccc(CCC2(N)CC2)s1. The molecule has 1 nitrogen and oxygen atoms in total. The van der Waals surface area contributed by atoms with Crippen LogP contribution in [0.1, 0.15) is 48.8 Å². The molecule has 1 aromatic heterocycles. The molecule has 2 heteroatoms. The molecule has 1 aliphatic rings. The molecule has 0 bridgehead atoms. The van der Waals surface area contributed by atoms with Crippen molar-refractivity contribution in [2.45, 2.75) is 51.0 Å². The van der Waals surface area contributed by atoms with Crippen LogP contribution in [0.2, 0.25) is 0 Å². The fourth-order valence-corrected chi connectivity index (χ4v) is 2.64. The van der Waals surface area contributed by atoms with E-state index in [1.54, 1.807) is 0 Å². The van der Waals surface area contributed by atoms with Gasteiger partial charge in [-0.1, -0.05) is 13.8 Å². The summed E-state index contributed by atoms with van der Waals surface area (Å²) < 4.78 is 0. The number of thiophene rings is 1. The van der Waals surface area contributed by atoms with Gasteiger partial charge in [0.2, 0.25) is 0 Å². The molecule has 0 aromatic carbocycles. The predicted molar refractivity (Wildman–Crippen MR) is 62.9 cm³/mol. The van der Waals surface area contributed by atoms with Gasteiger partial charge in [-0.2, -0.15) is 0 Å². The van der Waals surface area contributed by atoms with E-state index in [2.05, 4.69) is 26.0 Å². The zero-order valence-electron chi connectivity index (χ0n) is 9.05. The van der Waals surface area contributed by atoms with E-state index in [-0.39, 0.29) is 5.54 Å². The summed E-state index contributed by atoms with van der Waals surface area (Å²) in [4.78, 5) is 3.01. The first-order chi connectivity index (χ1) is 6.59. The van der Waals surface area contributed by atoms with Crippen LogP contribution in [0.5, 0.6) is 0 Å². The number of hydrogen-bond donors (Lipinski definition) is 1. The molecule has 78 valence electrons. The summed E-state index contributed by atoms with van der Waals surface area (Å²) in [7, 11) is 0. The summed E-state index contributed by atoms with van der Waals surface area (Å²) in [5.74, 6) is 0.668. The minimum absolute atomic E-state index is 0.210. The Morgan fingerprint density at radius 2 is 2.14 bits per heavy atom. The lowest BCUT2D eigenvalue weighted by Crippen LogP contribution is -2.21. The first kappa shape index (κ1) is 10.2. The molecule has 0 spiro atoms. The Bertz CT molecular complexity index is 310. The van der Waals surface area contributed by atoms with E-state index in [1.165, 1.54) is 35.4 Å². The topological polar surface area (TPSA) is 26.0 Å². The van der Waals surface area contributed by atoms with Crippen molar-refractivity contribution in [2.24, 2.45) is 5.73 Å². The predicted octanol–water partition coefficient (Wildman–Crippen LogP) is 3.30. The molecule has 1 saturated carbocycles. The van der Waals surface area contributed by atoms with E-state index in [0.717, 1.165) is 0 Å². The minimum Gasteiger partial charge on any atom is -0.325 e. The minimum atomic E-state index is 0.210. The van der Waals surface area contributed by atoms with Crippen LogP contribution in [0, 0.1) is 0 Å². The van der Waals surface area contributed by atoms with E-state index in [4.69, 9.17) is 5.73 Å². The summed E-state index contributed by atoms with van der Waals surface area (Å²) >= 11 is 1.95. The molecule has 14 heavy (non-hydrogen) atoms. The zero-order chi connectivity index (χ0) is 10.2. The fraction of sp³-hybridized carbons (Fsp3) is 0.667. The van der Waals surface area contributed by atoms with E-state index in [9.17, 15) is 0 Å². The van der Waals surface area contributed by atoms with E-state index < -0.39 is 0 Å². The van der Waals surface area contributed by atoms with Gasteiger partial charge < -0.3 is 5.73 Å². The Kier molecular flexibility index (Phi) is 2.67. The van der Waals surface area contributed by atoms with Crippen molar-refractivity contribution in [2.75, 3.05) is 0 Å². The van der Waals surface area contributed by atoms with Gasteiger partial charge in [0.1, 0.15) is 0 Å². The van der Waals surface area contributed by atoms with Crippen molar-refractivity contribution in [1.29, 1.82) is 0 Å². The van der Waals surface area contributed by atoms with Gasteiger partial charge in [0.25, 0.3) is 0 Å². The Labute approximate surface area is 90.3 Å². The van der Waals surface area contributed by atoms with Crippen LogP contribution in [0.15, 0.2) is 12.1 Å². The van der Waals surface area contributed by atoms with Gasteiger partial charge in [-0.15, -0.1) is 11.3 Å². The smallest absolute Gasteiger partial charge is 0.0159 e. The molecule has 0 unspecified atom stereocenters. The molecule has 2 N–H and O–H groups in total. The Balaban J connectivity index is 1.90. The maximum atomic E-state index is 6.07. The van der Waals surface area contributed by atoms with Crippen molar-refractivity contribution in [1.82, 2.24) is 0 Å². The molecule has 0 radical (unpaired) electrons. The van der Waals surface area contributed by atoms with Crippen molar-refractivity contribution in [3.8, 4) is 0 Å². The molecule has 1 aliphatic carbocycles. The maximum Gasteiger partial charge on any atom is 0.0159 e. The van der Waals surface area contributed by atoms with Crippen LogP contribution in [0.4, 0.5) is 0 Å². The highest BCUT2D eigenvalue weighted by molar-refractivity contribution is 7.12. The number of nitrogens with two attached hydrogens (primary N) is 1. The van der Waals surface area contributed by atoms with Gasteiger partial charge >= 0.3 is 0 Å². The standard InChI is InChI=1S/C12H19NS/c1-9(2)11-4-3-10(14-11)5-6-12(13)7-8-12/h3-4,9H,5-8,13H2,1-2H3. The highest BCUT2D eigenvalue weighted by Crippen LogP contribution is 2.37. The molecule has 1 heterocycles. The molecule has 1 fully saturated rings. The van der Waals surface area contributed by atoms with Crippen molar-refractivity contribution in [3.05, 3.63) is 21.9 Å². The summed E-state index contributed by atoms with van der Waals surface area (Å²) in [6, 6.07) is 4.53. The van der Waals surface area contributed by atoms with Gasteiger partial charge in [-0.25, -0.2) is 0 Å². The number of hydrogen-bond acceptors (Lipinski definition) is 2. The van der Waals surface area contributed by atoms with Gasteiger partial charge in [-0.3, -0.25) is 0 Å². The number of aryl methyl sites for hydroxylation is 1. The summed E-state index contributed by atoms with van der Waals surface area (Å²) in [6.45, 7) is 4.50. The quantitative estimate of drug-likeness (QED) is 0.809. The van der Waals surface area contributed by atoms with Crippen molar-refractivity contribution in [3.63, 3.8) is 0 Å². The Hall–Kier alpha value is -0.340. The molecule has 2 rings (SSSR count). The van der Waals surface area contributed by atoms with Gasteiger partial charge in [0.15, 0.2) is 0 Å². The third-order valence-electron chi connectivity index (χ3n) is 3.01. The van der Waals surface area contributed by atoms with Crippen LogP contribution in [-0.4, -0.2) is 5.54 Å². The summed E-state index contributed by atoms with van der Waals surface area (Å²) in [5, 5.41) is 0. The van der Waals surface area contributed by atoms with Crippen LogP contribution in [0.25, 0.3) is 0 Å². The van der Waals surface area contributed by atoms with Gasteiger partial charge in [-0.05, 0) is 43.7 Å². The maximum absolute atomic E-state index is 6.07. The van der Waals surface area contributed by atoms with E-state index in [0.29, 0.717) is 5.92 Å². The Morgan fingerprint density at radius 1 is 1.43 bits per heavy atom. The van der Waals surface area contributed by atoms with Crippen LogP contribution >= 0.6 is 11.3 Å². The Morgan fingerprint density at radius 3 is 2.64 bits per heavy atom. The molecule has 0 aliphatic heterocycles. The van der Waals surface area contributed by atoms with Crippen LogP contribution in [0.3, 0.4) is 0 Å². The highest BCUT2D eigenvalue weighted by atomic mass is 32.1.